The lowest BCUT2D eigenvalue weighted by Crippen LogP contribution is -2.68. The molecule has 0 aliphatic carbocycles. The highest BCUT2D eigenvalue weighted by molar-refractivity contribution is 7.86. The lowest BCUT2D eigenvalue weighted by atomic mass is 9.94. The highest BCUT2D eigenvalue weighted by Crippen LogP contribution is 2.26. The molecule has 1 unspecified atom stereocenters. The van der Waals surface area contributed by atoms with Gasteiger partial charge in [0.25, 0.3) is 20.2 Å². The van der Waals surface area contributed by atoms with Gasteiger partial charge in [-0.15, -0.1) is 0 Å². The minimum Gasteiger partial charge on any atom is -0.332 e. The number of unbranched alkanes of at least 4 members (excludes halogenated alkanes) is 2. The van der Waals surface area contributed by atoms with Gasteiger partial charge in [0.2, 0.25) is 11.8 Å². The predicted molar refractivity (Wildman–Crippen MR) is 95.5 cm³/mol. The highest BCUT2D eigenvalue weighted by Gasteiger charge is 2.46. The molecule has 0 aliphatic heterocycles. The molecule has 2 amide bonds. The minimum atomic E-state index is -4.65. The van der Waals surface area contributed by atoms with Crippen LogP contribution in [0.3, 0.4) is 0 Å². The van der Waals surface area contributed by atoms with E-state index in [0.29, 0.717) is 12.8 Å². The molecule has 0 radical (unpaired) electrons. The zero-order valence-corrected chi connectivity index (χ0v) is 16.8. The van der Waals surface area contributed by atoms with Crippen molar-refractivity contribution in [3.05, 3.63) is 0 Å². The van der Waals surface area contributed by atoms with Crippen LogP contribution in [0.15, 0.2) is 0 Å². The summed E-state index contributed by atoms with van der Waals surface area (Å²) in [4.78, 5) is 23.3. The first-order chi connectivity index (χ1) is 11.7. The Bertz CT molecular complexity index is 672. The van der Waals surface area contributed by atoms with Gasteiger partial charge in [-0.05, 0) is 25.7 Å². The molecule has 0 bridgehead atoms. The van der Waals surface area contributed by atoms with Crippen LogP contribution in [0.25, 0.3) is 0 Å². The van der Waals surface area contributed by atoms with Crippen molar-refractivity contribution in [3.63, 3.8) is 0 Å². The first-order valence-electron chi connectivity index (χ1n) is 8.22. The molecule has 154 valence electrons. The number of carbonyl (C=O) groups is 2. The molecule has 10 nitrogen and oxygen atoms in total. The molecule has 0 spiro atoms. The van der Waals surface area contributed by atoms with Crippen molar-refractivity contribution in [3.8, 4) is 0 Å². The van der Waals surface area contributed by atoms with Gasteiger partial charge < -0.3 is 10.6 Å². The van der Waals surface area contributed by atoms with E-state index < -0.39 is 48.7 Å². The van der Waals surface area contributed by atoms with Gasteiger partial charge in [0.15, 0.2) is 0 Å². The summed E-state index contributed by atoms with van der Waals surface area (Å²) in [7, 11) is -8.84. The number of amides is 2. The summed E-state index contributed by atoms with van der Waals surface area (Å²) in [6.07, 6.45) is 0.912. The third-order valence-electron chi connectivity index (χ3n) is 3.75. The summed E-state index contributed by atoms with van der Waals surface area (Å²) < 4.78 is 64.0. The van der Waals surface area contributed by atoms with E-state index in [1.807, 2.05) is 6.92 Å². The van der Waals surface area contributed by atoms with E-state index in [4.69, 9.17) is 4.55 Å². The number of nitrogens with one attached hydrogen (secondary N) is 2. The average Bonchev–Trinajstić information content (AvgIpc) is 2.40. The van der Waals surface area contributed by atoms with Crippen LogP contribution < -0.4 is 10.6 Å². The summed E-state index contributed by atoms with van der Waals surface area (Å²) in [6, 6.07) is 0. The molecule has 0 aromatic carbocycles. The second-order valence-corrected chi connectivity index (χ2v) is 9.39. The standard InChI is InChI=1S/C14H28N2O8S2/c1-4-5-8-13(26(22,23)24)14(15-11(2)17,16-12(3)18)9-6-7-10-25(19,20)21/h13H,4-10H2,1-3H3,(H,15,17)(H,16,18)(H,19,20,21)(H,22,23,24). The van der Waals surface area contributed by atoms with Crippen LogP contribution in [-0.4, -0.2) is 54.4 Å². The fraction of sp³-hybridized carbons (Fsp3) is 0.857. The molecular formula is C14H28N2O8S2. The van der Waals surface area contributed by atoms with Gasteiger partial charge >= 0.3 is 0 Å². The number of rotatable bonds is 12. The van der Waals surface area contributed by atoms with Crippen molar-refractivity contribution in [2.75, 3.05) is 5.75 Å². The maximum Gasteiger partial charge on any atom is 0.271 e. The lowest BCUT2D eigenvalue weighted by Gasteiger charge is -2.40. The summed E-state index contributed by atoms with van der Waals surface area (Å²) in [5.74, 6) is -1.80. The van der Waals surface area contributed by atoms with Crippen molar-refractivity contribution < 1.29 is 35.5 Å². The molecule has 0 aromatic heterocycles. The fourth-order valence-electron chi connectivity index (χ4n) is 2.83. The van der Waals surface area contributed by atoms with Gasteiger partial charge in [0.05, 0.1) is 5.75 Å². The van der Waals surface area contributed by atoms with Crippen molar-refractivity contribution in [2.24, 2.45) is 0 Å². The van der Waals surface area contributed by atoms with E-state index in [1.165, 1.54) is 0 Å². The zero-order chi connectivity index (χ0) is 20.6. The van der Waals surface area contributed by atoms with Gasteiger partial charge in [0, 0.05) is 13.8 Å². The Hall–Kier alpha value is -1.24. The highest BCUT2D eigenvalue weighted by atomic mass is 32.2. The monoisotopic (exact) mass is 416 g/mol. The predicted octanol–water partition coefficient (Wildman–Crippen LogP) is 0.460. The topological polar surface area (TPSA) is 167 Å². The van der Waals surface area contributed by atoms with E-state index in [0.717, 1.165) is 13.8 Å². The molecule has 4 N–H and O–H groups in total. The summed E-state index contributed by atoms with van der Waals surface area (Å²) >= 11 is 0. The van der Waals surface area contributed by atoms with E-state index in [2.05, 4.69) is 10.6 Å². The van der Waals surface area contributed by atoms with E-state index >= 15 is 0 Å². The van der Waals surface area contributed by atoms with Crippen LogP contribution in [0.2, 0.25) is 0 Å². The van der Waals surface area contributed by atoms with Crippen LogP contribution >= 0.6 is 0 Å². The SMILES string of the molecule is CCCCC(C(CCCCS(=O)(=O)O)(NC(C)=O)NC(C)=O)S(=O)(=O)O. The maximum atomic E-state index is 12.0. The summed E-state index contributed by atoms with van der Waals surface area (Å²) in [6.45, 7) is 4.08. The molecule has 0 heterocycles. The van der Waals surface area contributed by atoms with E-state index in [-0.39, 0.29) is 25.7 Å². The molecule has 0 fully saturated rings. The minimum absolute atomic E-state index is 0.0197. The quantitative estimate of drug-likeness (QED) is 0.202. The third kappa shape index (κ3) is 9.46. The van der Waals surface area contributed by atoms with Crippen molar-refractivity contribution >= 4 is 32.1 Å². The first kappa shape index (κ1) is 24.8. The van der Waals surface area contributed by atoms with Crippen molar-refractivity contribution in [2.45, 2.75) is 70.2 Å². The molecule has 12 heteroatoms. The molecule has 0 aromatic rings. The van der Waals surface area contributed by atoms with Crippen molar-refractivity contribution in [1.82, 2.24) is 10.6 Å². The van der Waals surface area contributed by atoms with Gasteiger partial charge in [-0.3, -0.25) is 18.7 Å². The molecular weight excluding hydrogens is 388 g/mol. The molecule has 0 rings (SSSR count). The number of carbonyl (C=O) groups excluding carboxylic acids is 2. The Morgan fingerprint density at radius 1 is 0.962 bits per heavy atom. The second kappa shape index (κ2) is 10.2. The van der Waals surface area contributed by atoms with Crippen LogP contribution in [0.1, 0.15) is 59.3 Å². The van der Waals surface area contributed by atoms with Crippen LogP contribution in [-0.2, 0) is 29.8 Å². The third-order valence-corrected chi connectivity index (χ3v) is 5.91. The number of hydrogen-bond acceptors (Lipinski definition) is 6. The van der Waals surface area contributed by atoms with Crippen LogP contribution in [0.4, 0.5) is 0 Å². The van der Waals surface area contributed by atoms with Crippen LogP contribution in [0.5, 0.6) is 0 Å². The average molecular weight is 417 g/mol. The molecule has 0 saturated carbocycles. The van der Waals surface area contributed by atoms with E-state index in [1.54, 1.807) is 0 Å². The number of hydrogen-bond donors (Lipinski definition) is 4. The Morgan fingerprint density at radius 2 is 1.46 bits per heavy atom. The molecule has 0 saturated heterocycles. The normalized spacial score (nSPS) is 13.9. The fourth-order valence-corrected chi connectivity index (χ4v) is 4.61. The van der Waals surface area contributed by atoms with Gasteiger partial charge in [0.1, 0.15) is 10.9 Å². The first-order valence-corrected chi connectivity index (χ1v) is 11.3. The lowest BCUT2D eigenvalue weighted by molar-refractivity contribution is -0.125. The molecule has 0 aliphatic rings. The Balaban J connectivity index is 5.81. The van der Waals surface area contributed by atoms with Crippen LogP contribution in [0, 0.1) is 0 Å². The largest absolute Gasteiger partial charge is 0.332 e. The van der Waals surface area contributed by atoms with Gasteiger partial charge in [-0.2, -0.15) is 16.8 Å². The van der Waals surface area contributed by atoms with Crippen molar-refractivity contribution in [1.29, 1.82) is 0 Å². The zero-order valence-electron chi connectivity index (χ0n) is 15.2. The summed E-state index contributed by atoms with van der Waals surface area (Å²) in [5, 5.41) is 3.33. The Labute approximate surface area is 154 Å². The molecule has 26 heavy (non-hydrogen) atoms. The van der Waals surface area contributed by atoms with Gasteiger partial charge in [-0.25, -0.2) is 0 Å². The van der Waals surface area contributed by atoms with E-state index in [9.17, 15) is 31.0 Å². The Morgan fingerprint density at radius 3 is 1.81 bits per heavy atom. The van der Waals surface area contributed by atoms with Gasteiger partial charge in [-0.1, -0.05) is 19.8 Å². The molecule has 1 atom stereocenters. The summed E-state index contributed by atoms with van der Waals surface area (Å²) in [5.41, 5.74) is -1.79. The Kier molecular flexibility index (Phi) is 9.70. The second-order valence-electron chi connectivity index (χ2n) is 6.22. The smallest absolute Gasteiger partial charge is 0.271 e. The maximum absolute atomic E-state index is 12.0.